The number of carbonyl (C=O) groups is 1. The molecule has 1 aromatic rings. The van der Waals surface area contributed by atoms with Crippen LogP contribution in [-0.4, -0.2) is 13.0 Å². The highest BCUT2D eigenvalue weighted by molar-refractivity contribution is 6.31. The number of amides is 1. The molecule has 0 spiro atoms. The molecule has 1 aliphatic carbocycles. The Bertz CT molecular complexity index is 482. The molecule has 0 heterocycles. The molecule has 4 heteroatoms. The molecule has 0 fully saturated rings. The van der Waals surface area contributed by atoms with Gasteiger partial charge in [-0.05, 0) is 41.7 Å². The van der Waals surface area contributed by atoms with Crippen LogP contribution >= 0.6 is 11.6 Å². The van der Waals surface area contributed by atoms with Crippen molar-refractivity contribution in [3.8, 4) is 0 Å². The first kappa shape index (κ1) is 11.1. The summed E-state index contributed by atoms with van der Waals surface area (Å²) < 4.78 is 13.2. The molecule has 0 unspecified atom stereocenters. The Morgan fingerprint density at radius 2 is 2.25 bits per heavy atom. The van der Waals surface area contributed by atoms with E-state index in [1.54, 1.807) is 7.05 Å². The molecule has 2 nitrogen and oxygen atoms in total. The van der Waals surface area contributed by atoms with E-state index in [0.29, 0.717) is 5.02 Å². The predicted molar refractivity (Wildman–Crippen MR) is 61.8 cm³/mol. The van der Waals surface area contributed by atoms with Gasteiger partial charge in [0.25, 0.3) is 0 Å². The summed E-state index contributed by atoms with van der Waals surface area (Å²) in [5.41, 5.74) is 2.53. The van der Waals surface area contributed by atoms with Gasteiger partial charge >= 0.3 is 0 Å². The second-order valence-electron chi connectivity index (χ2n) is 3.70. The Labute approximate surface area is 98.1 Å². The second kappa shape index (κ2) is 4.26. The van der Waals surface area contributed by atoms with Crippen LogP contribution in [0.4, 0.5) is 4.39 Å². The molecule has 0 atom stereocenters. The lowest BCUT2D eigenvalue weighted by atomic mass is 10.1. The van der Waals surface area contributed by atoms with E-state index in [0.717, 1.165) is 29.5 Å². The number of benzene rings is 1. The summed E-state index contributed by atoms with van der Waals surface area (Å²) >= 11 is 5.94. The first-order valence-electron chi connectivity index (χ1n) is 5.02. The molecule has 0 radical (unpaired) electrons. The monoisotopic (exact) mass is 239 g/mol. The molecule has 1 amide bonds. The Morgan fingerprint density at radius 3 is 2.94 bits per heavy atom. The normalized spacial score (nSPS) is 16.3. The van der Waals surface area contributed by atoms with E-state index in [-0.39, 0.29) is 11.7 Å². The first-order chi connectivity index (χ1) is 7.61. The quantitative estimate of drug-likeness (QED) is 0.750. The Kier molecular flexibility index (Phi) is 2.97. The average Bonchev–Trinajstić information content (AvgIpc) is 2.61. The largest absolute Gasteiger partial charge is 0.356 e. The van der Waals surface area contributed by atoms with Crippen molar-refractivity contribution in [2.45, 2.75) is 12.8 Å². The third-order valence-corrected chi connectivity index (χ3v) is 3.04. The summed E-state index contributed by atoms with van der Waals surface area (Å²) in [4.78, 5) is 11.2. The highest BCUT2D eigenvalue weighted by atomic mass is 35.5. The van der Waals surface area contributed by atoms with Crippen LogP contribution in [0, 0.1) is 5.82 Å². The Morgan fingerprint density at radius 1 is 1.50 bits per heavy atom. The number of allylic oxidation sites excluding steroid dienone is 1. The Balaban J connectivity index is 2.47. The molecule has 16 heavy (non-hydrogen) atoms. The molecular formula is C12H11ClFNO. The standard InChI is InChI=1S/C12H11ClFNO/c1-15-12(16)4-7-2-3-9-10(7)5-8(14)6-11(9)13/h4-6H,2-3H2,1H3,(H,15,16)/b7-4-. The van der Waals surface area contributed by atoms with E-state index in [9.17, 15) is 9.18 Å². The maximum absolute atomic E-state index is 13.2. The van der Waals surface area contributed by atoms with Gasteiger partial charge in [0.1, 0.15) is 5.82 Å². The van der Waals surface area contributed by atoms with Gasteiger partial charge in [-0.3, -0.25) is 4.79 Å². The van der Waals surface area contributed by atoms with E-state index >= 15 is 0 Å². The lowest BCUT2D eigenvalue weighted by Gasteiger charge is -2.03. The minimum Gasteiger partial charge on any atom is -0.356 e. The molecule has 1 aliphatic rings. The van der Waals surface area contributed by atoms with E-state index in [4.69, 9.17) is 11.6 Å². The molecule has 1 N–H and O–H groups in total. The molecule has 0 saturated heterocycles. The zero-order valence-electron chi connectivity index (χ0n) is 8.81. The van der Waals surface area contributed by atoms with Crippen LogP contribution in [0.5, 0.6) is 0 Å². The summed E-state index contributed by atoms with van der Waals surface area (Å²) in [7, 11) is 1.56. The van der Waals surface area contributed by atoms with Crippen LogP contribution in [-0.2, 0) is 11.2 Å². The molecular weight excluding hydrogens is 229 g/mol. The number of fused-ring (bicyclic) bond motifs is 1. The van der Waals surface area contributed by atoms with Gasteiger partial charge in [-0.25, -0.2) is 4.39 Å². The van der Waals surface area contributed by atoms with Gasteiger partial charge in [0, 0.05) is 18.1 Å². The Hall–Kier alpha value is -1.35. The van der Waals surface area contributed by atoms with Crippen LogP contribution in [0.2, 0.25) is 5.02 Å². The fourth-order valence-corrected chi connectivity index (χ4v) is 2.22. The minimum absolute atomic E-state index is 0.178. The van der Waals surface area contributed by atoms with Crippen LogP contribution < -0.4 is 5.32 Å². The summed E-state index contributed by atoms with van der Waals surface area (Å²) in [6.07, 6.45) is 2.99. The molecule has 84 valence electrons. The van der Waals surface area contributed by atoms with Gasteiger partial charge in [-0.15, -0.1) is 0 Å². The van der Waals surface area contributed by atoms with Crippen molar-refractivity contribution in [3.05, 3.63) is 40.2 Å². The molecule has 1 aromatic carbocycles. The van der Waals surface area contributed by atoms with Gasteiger partial charge in [0.15, 0.2) is 0 Å². The number of rotatable bonds is 1. The second-order valence-corrected chi connectivity index (χ2v) is 4.10. The maximum Gasteiger partial charge on any atom is 0.244 e. The third-order valence-electron chi connectivity index (χ3n) is 2.70. The smallest absolute Gasteiger partial charge is 0.244 e. The van der Waals surface area contributed by atoms with E-state index in [1.165, 1.54) is 18.2 Å². The lowest BCUT2D eigenvalue weighted by Crippen LogP contribution is -2.14. The van der Waals surface area contributed by atoms with Crippen LogP contribution in [0.3, 0.4) is 0 Å². The van der Waals surface area contributed by atoms with Crippen molar-refractivity contribution < 1.29 is 9.18 Å². The number of likely N-dealkylation sites (N-methyl/N-ethyl adjacent to an activating group) is 1. The average molecular weight is 240 g/mol. The first-order valence-corrected chi connectivity index (χ1v) is 5.40. The fraction of sp³-hybridized carbons (Fsp3) is 0.250. The van der Waals surface area contributed by atoms with Crippen molar-refractivity contribution in [2.75, 3.05) is 7.05 Å². The summed E-state index contributed by atoms with van der Waals surface area (Å²) in [6, 6.07) is 2.74. The van der Waals surface area contributed by atoms with Crippen molar-refractivity contribution in [1.29, 1.82) is 0 Å². The topological polar surface area (TPSA) is 29.1 Å². The molecule has 0 aliphatic heterocycles. The zero-order valence-corrected chi connectivity index (χ0v) is 9.57. The number of hydrogen-bond acceptors (Lipinski definition) is 1. The van der Waals surface area contributed by atoms with E-state index in [2.05, 4.69) is 5.32 Å². The van der Waals surface area contributed by atoms with Gasteiger partial charge in [0.05, 0.1) is 0 Å². The van der Waals surface area contributed by atoms with Gasteiger partial charge in [-0.1, -0.05) is 11.6 Å². The minimum atomic E-state index is -0.367. The summed E-state index contributed by atoms with van der Waals surface area (Å²) in [6.45, 7) is 0. The number of hydrogen-bond donors (Lipinski definition) is 1. The van der Waals surface area contributed by atoms with Crippen molar-refractivity contribution in [3.63, 3.8) is 0 Å². The molecule has 0 bridgehead atoms. The highest BCUT2D eigenvalue weighted by Gasteiger charge is 2.20. The van der Waals surface area contributed by atoms with Gasteiger partial charge in [-0.2, -0.15) is 0 Å². The van der Waals surface area contributed by atoms with Crippen LogP contribution in [0.15, 0.2) is 18.2 Å². The van der Waals surface area contributed by atoms with Crippen LogP contribution in [0.1, 0.15) is 17.5 Å². The number of halogens is 2. The predicted octanol–water partition coefficient (Wildman–Crippen LogP) is 2.55. The number of nitrogens with one attached hydrogen (secondary N) is 1. The van der Waals surface area contributed by atoms with E-state index < -0.39 is 0 Å². The fourth-order valence-electron chi connectivity index (χ4n) is 1.92. The number of carbonyl (C=O) groups excluding carboxylic acids is 1. The van der Waals surface area contributed by atoms with E-state index in [1.807, 2.05) is 0 Å². The molecule has 0 saturated carbocycles. The van der Waals surface area contributed by atoms with Crippen molar-refractivity contribution in [1.82, 2.24) is 5.32 Å². The lowest BCUT2D eigenvalue weighted by molar-refractivity contribution is -0.116. The molecule has 0 aromatic heterocycles. The summed E-state index contributed by atoms with van der Waals surface area (Å²) in [5, 5.41) is 2.95. The van der Waals surface area contributed by atoms with Gasteiger partial charge in [0.2, 0.25) is 5.91 Å². The SMILES string of the molecule is CNC(=O)/C=C1/CCc2c(Cl)cc(F)cc21. The third kappa shape index (κ3) is 1.95. The van der Waals surface area contributed by atoms with Crippen LogP contribution in [0.25, 0.3) is 5.57 Å². The maximum atomic E-state index is 13.2. The zero-order chi connectivity index (χ0) is 11.7. The molecule has 2 rings (SSSR count). The van der Waals surface area contributed by atoms with Crippen molar-refractivity contribution in [2.24, 2.45) is 0 Å². The van der Waals surface area contributed by atoms with Crippen molar-refractivity contribution >= 4 is 23.1 Å². The van der Waals surface area contributed by atoms with Gasteiger partial charge < -0.3 is 5.32 Å². The summed E-state index contributed by atoms with van der Waals surface area (Å²) in [5.74, 6) is -0.545. The highest BCUT2D eigenvalue weighted by Crippen LogP contribution is 2.36.